The Kier molecular flexibility index (Phi) is 5.99. The molecule has 1 aromatic heterocycles. The van der Waals surface area contributed by atoms with E-state index in [0.717, 1.165) is 43.2 Å². The maximum absolute atomic E-state index is 13.2. The smallest absolute Gasteiger partial charge is 0.264 e. The number of rotatable bonds is 5. The lowest BCUT2D eigenvalue weighted by atomic mass is 10.2. The van der Waals surface area contributed by atoms with Crippen molar-refractivity contribution >= 4 is 34.9 Å². The summed E-state index contributed by atoms with van der Waals surface area (Å²) in [5, 5.41) is 1.89. The third-order valence-electron chi connectivity index (χ3n) is 5.32. The molecule has 2 saturated heterocycles. The predicted molar refractivity (Wildman–Crippen MR) is 109 cm³/mol. The lowest BCUT2D eigenvalue weighted by molar-refractivity contribution is -0.903. The van der Waals surface area contributed by atoms with Gasteiger partial charge in [0.25, 0.3) is 5.91 Å². The number of thiophene rings is 1. The number of carbonyl (C=O) groups is 2. The van der Waals surface area contributed by atoms with Crippen LogP contribution in [-0.4, -0.2) is 66.6 Å². The molecule has 148 valence electrons. The van der Waals surface area contributed by atoms with Crippen molar-refractivity contribution in [2.24, 2.45) is 0 Å². The molecule has 1 atom stereocenters. The molecule has 5 nitrogen and oxygen atoms in total. The van der Waals surface area contributed by atoms with Crippen molar-refractivity contribution in [2.75, 3.05) is 45.0 Å². The van der Waals surface area contributed by atoms with Gasteiger partial charge in [0, 0.05) is 0 Å². The summed E-state index contributed by atoms with van der Waals surface area (Å²) in [5.41, 5.74) is 0.971. The highest BCUT2D eigenvalue weighted by Crippen LogP contribution is 2.38. The Labute approximate surface area is 172 Å². The van der Waals surface area contributed by atoms with E-state index in [1.807, 2.05) is 27.3 Å². The summed E-state index contributed by atoms with van der Waals surface area (Å²) in [7, 11) is 0. The Morgan fingerprint density at radius 1 is 1.18 bits per heavy atom. The molecule has 2 aliphatic rings. The van der Waals surface area contributed by atoms with E-state index in [1.54, 1.807) is 23.9 Å². The maximum atomic E-state index is 13.2. The molecule has 1 N–H and O–H groups in total. The fourth-order valence-electron chi connectivity index (χ4n) is 3.71. The lowest BCUT2D eigenvalue weighted by Crippen LogP contribution is -3.15. The van der Waals surface area contributed by atoms with Gasteiger partial charge in [0.15, 0.2) is 0 Å². The molecule has 2 fully saturated rings. The number of hydrogen-bond donors (Lipinski definition) is 1. The molecule has 4 rings (SSSR count). The van der Waals surface area contributed by atoms with Gasteiger partial charge >= 0.3 is 0 Å². The Bertz CT molecular complexity index is 820. The summed E-state index contributed by atoms with van der Waals surface area (Å²) >= 11 is 3.08. The van der Waals surface area contributed by atoms with Gasteiger partial charge in [0.05, 0.1) is 49.9 Å². The molecular weight excluding hydrogens is 397 g/mol. The number of amides is 2. The Morgan fingerprint density at radius 2 is 1.93 bits per heavy atom. The molecule has 0 spiro atoms. The maximum Gasteiger partial charge on any atom is 0.264 e. The van der Waals surface area contributed by atoms with E-state index in [-0.39, 0.29) is 23.0 Å². The van der Waals surface area contributed by atoms with Gasteiger partial charge in [-0.2, -0.15) is 0 Å². The molecule has 3 heterocycles. The minimum atomic E-state index is -0.260. The highest BCUT2D eigenvalue weighted by atomic mass is 32.2. The van der Waals surface area contributed by atoms with Gasteiger partial charge in [-0.15, -0.1) is 23.1 Å². The van der Waals surface area contributed by atoms with E-state index < -0.39 is 0 Å². The Balaban J connectivity index is 1.30. The zero-order valence-corrected chi connectivity index (χ0v) is 17.1. The van der Waals surface area contributed by atoms with Crippen LogP contribution in [0, 0.1) is 5.82 Å². The quantitative estimate of drug-likeness (QED) is 0.798. The molecule has 28 heavy (non-hydrogen) atoms. The van der Waals surface area contributed by atoms with Crippen molar-refractivity contribution in [3.8, 4) is 0 Å². The summed E-state index contributed by atoms with van der Waals surface area (Å²) in [5.74, 6) is 0.478. The van der Waals surface area contributed by atoms with Gasteiger partial charge in [0.2, 0.25) is 5.91 Å². The highest BCUT2D eigenvalue weighted by Gasteiger charge is 2.34. The van der Waals surface area contributed by atoms with Crippen LogP contribution in [0.2, 0.25) is 0 Å². The van der Waals surface area contributed by atoms with Crippen molar-refractivity contribution < 1.29 is 18.9 Å². The lowest BCUT2D eigenvalue weighted by Gasteiger charge is -2.33. The van der Waals surface area contributed by atoms with Crippen molar-refractivity contribution in [1.82, 2.24) is 9.80 Å². The molecule has 0 aliphatic carbocycles. The van der Waals surface area contributed by atoms with Crippen LogP contribution in [-0.2, 0) is 4.79 Å². The second kappa shape index (κ2) is 8.63. The molecular formula is C20H23FN3O2S2+. The van der Waals surface area contributed by atoms with Crippen LogP contribution in [0.15, 0.2) is 41.8 Å². The van der Waals surface area contributed by atoms with Crippen molar-refractivity contribution in [2.45, 2.75) is 5.37 Å². The third-order valence-corrected chi connectivity index (χ3v) is 7.43. The minimum absolute atomic E-state index is 0.0332. The molecule has 8 heteroatoms. The van der Waals surface area contributed by atoms with E-state index in [4.69, 9.17) is 0 Å². The molecule has 0 unspecified atom stereocenters. The van der Waals surface area contributed by atoms with Crippen molar-refractivity contribution in [3.05, 3.63) is 58.0 Å². The highest BCUT2D eigenvalue weighted by molar-refractivity contribution is 8.00. The van der Waals surface area contributed by atoms with Crippen LogP contribution >= 0.6 is 23.1 Å². The minimum Gasteiger partial charge on any atom is -0.331 e. The summed E-state index contributed by atoms with van der Waals surface area (Å²) in [4.78, 5) is 30.8. The van der Waals surface area contributed by atoms with Gasteiger partial charge in [-0.1, -0.05) is 18.2 Å². The monoisotopic (exact) mass is 420 g/mol. The van der Waals surface area contributed by atoms with Crippen LogP contribution in [0.3, 0.4) is 0 Å². The number of benzene rings is 1. The van der Waals surface area contributed by atoms with Crippen molar-refractivity contribution in [1.29, 1.82) is 0 Å². The van der Waals surface area contributed by atoms with E-state index in [9.17, 15) is 14.0 Å². The number of hydrogen-bond acceptors (Lipinski definition) is 4. The molecule has 2 amide bonds. The summed E-state index contributed by atoms with van der Waals surface area (Å²) in [6.07, 6.45) is 0. The number of thioether (sulfide) groups is 1. The zero-order valence-electron chi connectivity index (χ0n) is 15.5. The van der Waals surface area contributed by atoms with Crippen LogP contribution in [0.4, 0.5) is 4.39 Å². The molecule has 0 radical (unpaired) electrons. The summed E-state index contributed by atoms with van der Waals surface area (Å²) in [6.45, 7) is 4.83. The van der Waals surface area contributed by atoms with Crippen molar-refractivity contribution in [3.63, 3.8) is 0 Å². The SMILES string of the molecule is O=C(c1cccs1)N1CC[NH+](CCN2C(=O)CS[C@@H]2c2ccc(F)cc2)CC1. The average Bonchev–Trinajstić information content (AvgIpc) is 3.37. The van der Waals surface area contributed by atoms with Crippen LogP contribution in [0.25, 0.3) is 0 Å². The second-order valence-corrected chi connectivity index (χ2v) is 9.09. The second-order valence-electron chi connectivity index (χ2n) is 7.07. The summed E-state index contributed by atoms with van der Waals surface area (Å²) < 4.78 is 13.2. The number of halogens is 1. The van der Waals surface area contributed by atoms with Gasteiger partial charge in [-0.25, -0.2) is 4.39 Å². The molecule has 2 aromatic rings. The first-order chi connectivity index (χ1) is 13.6. The third kappa shape index (κ3) is 4.24. The van der Waals surface area contributed by atoms with Gasteiger partial charge in [0.1, 0.15) is 11.2 Å². The molecule has 0 bridgehead atoms. The number of nitrogens with one attached hydrogen (secondary N) is 1. The van der Waals surface area contributed by atoms with E-state index in [1.165, 1.54) is 28.4 Å². The molecule has 0 saturated carbocycles. The number of carbonyl (C=O) groups excluding carboxylic acids is 2. The first kappa shape index (κ1) is 19.4. The van der Waals surface area contributed by atoms with Gasteiger partial charge < -0.3 is 14.7 Å². The van der Waals surface area contributed by atoms with E-state index in [0.29, 0.717) is 12.3 Å². The topological polar surface area (TPSA) is 45.1 Å². The number of quaternary nitrogens is 1. The fourth-order valence-corrected chi connectivity index (χ4v) is 5.62. The van der Waals surface area contributed by atoms with Crippen LogP contribution < -0.4 is 4.90 Å². The fraction of sp³-hybridized carbons (Fsp3) is 0.400. The number of piperazine rings is 1. The standard InChI is InChI=1S/C20H22FN3O2S2/c21-16-5-3-15(4-6-16)20-24(18(25)14-28-20)12-9-22-7-10-23(11-8-22)19(26)17-2-1-13-27-17/h1-6,13,20H,7-12,14H2/p+1/t20-/m1/s1. The summed E-state index contributed by atoms with van der Waals surface area (Å²) in [6, 6.07) is 10.2. The van der Waals surface area contributed by atoms with Gasteiger partial charge in [-0.3, -0.25) is 9.59 Å². The van der Waals surface area contributed by atoms with Crippen LogP contribution in [0.1, 0.15) is 20.6 Å². The predicted octanol–water partition coefficient (Wildman–Crippen LogP) is 1.50. The first-order valence-electron chi connectivity index (χ1n) is 9.45. The first-order valence-corrected chi connectivity index (χ1v) is 11.4. The molecule has 1 aromatic carbocycles. The van der Waals surface area contributed by atoms with Gasteiger partial charge in [-0.05, 0) is 29.1 Å². The number of nitrogens with zero attached hydrogens (tertiary/aromatic N) is 2. The van der Waals surface area contributed by atoms with Crippen LogP contribution in [0.5, 0.6) is 0 Å². The Hall–Kier alpha value is -1.90. The zero-order chi connectivity index (χ0) is 19.5. The normalized spacial score (nSPS) is 20.8. The van der Waals surface area contributed by atoms with E-state index >= 15 is 0 Å². The average molecular weight is 421 g/mol. The Morgan fingerprint density at radius 3 is 2.61 bits per heavy atom. The van der Waals surface area contributed by atoms with E-state index in [2.05, 4.69) is 0 Å². The largest absolute Gasteiger partial charge is 0.331 e. The molecule has 2 aliphatic heterocycles.